The van der Waals surface area contributed by atoms with E-state index in [-0.39, 0.29) is 5.56 Å². The zero-order valence-corrected chi connectivity index (χ0v) is 13.9. The average molecular weight is 351 g/mol. The maximum Gasteiger partial charge on any atom is 0.335 e. The third-order valence-electron chi connectivity index (χ3n) is 3.28. The Balaban J connectivity index is 2.31. The van der Waals surface area contributed by atoms with E-state index < -0.39 is 21.1 Å². The molecule has 23 heavy (non-hydrogen) atoms. The number of hydrogen-bond donors (Lipinski definition) is 1. The highest BCUT2D eigenvalue weighted by molar-refractivity contribution is 7.91. The molecular weight excluding hydrogens is 336 g/mol. The maximum absolute atomic E-state index is 12.0. The van der Waals surface area contributed by atoms with Crippen molar-refractivity contribution in [3.63, 3.8) is 0 Å². The Bertz CT molecular complexity index is 822. The van der Waals surface area contributed by atoms with Crippen molar-refractivity contribution in [3.05, 3.63) is 76.3 Å². The molecule has 120 valence electrons. The molecule has 0 spiro atoms. The SMILES string of the molecule is CS(=O)(=O)C(C=Cc1ccc(C(=O)O)cc1)c1ccc(Cl)cc1. The van der Waals surface area contributed by atoms with Crippen molar-refractivity contribution < 1.29 is 18.3 Å². The van der Waals surface area contributed by atoms with E-state index in [1.807, 2.05) is 0 Å². The monoisotopic (exact) mass is 350 g/mol. The summed E-state index contributed by atoms with van der Waals surface area (Å²) in [6.07, 6.45) is 4.41. The molecule has 6 heteroatoms. The number of carbonyl (C=O) groups is 1. The minimum Gasteiger partial charge on any atom is -0.478 e. The lowest BCUT2D eigenvalue weighted by molar-refractivity contribution is 0.0697. The summed E-state index contributed by atoms with van der Waals surface area (Å²) in [4.78, 5) is 10.8. The Morgan fingerprint density at radius 1 is 1.09 bits per heavy atom. The van der Waals surface area contributed by atoms with Gasteiger partial charge in [-0.2, -0.15) is 0 Å². The van der Waals surface area contributed by atoms with Crippen LogP contribution in [-0.4, -0.2) is 25.7 Å². The van der Waals surface area contributed by atoms with E-state index in [1.54, 1.807) is 48.6 Å². The number of halogens is 1. The number of hydrogen-bond acceptors (Lipinski definition) is 3. The lowest BCUT2D eigenvalue weighted by Crippen LogP contribution is -2.08. The standard InChI is InChI=1S/C17H15ClO4S/c1-23(21,22)16(13-7-9-15(18)10-8-13)11-4-12-2-5-14(6-3-12)17(19)20/h2-11,16H,1H3,(H,19,20). The van der Waals surface area contributed by atoms with Gasteiger partial charge < -0.3 is 5.11 Å². The van der Waals surface area contributed by atoms with Crippen LogP contribution in [0.15, 0.2) is 54.6 Å². The van der Waals surface area contributed by atoms with Crippen LogP contribution in [0, 0.1) is 0 Å². The van der Waals surface area contributed by atoms with Gasteiger partial charge in [0.15, 0.2) is 9.84 Å². The Hall–Kier alpha value is -2.11. The fraction of sp³-hybridized carbons (Fsp3) is 0.118. The maximum atomic E-state index is 12.0. The first-order valence-electron chi connectivity index (χ1n) is 6.73. The summed E-state index contributed by atoms with van der Waals surface area (Å²) in [7, 11) is -3.35. The molecule has 0 radical (unpaired) electrons. The predicted octanol–water partition coefficient (Wildman–Crippen LogP) is 3.84. The number of sulfone groups is 1. The fourth-order valence-corrected chi connectivity index (χ4v) is 3.23. The molecule has 0 aromatic heterocycles. The first kappa shape index (κ1) is 17.2. The lowest BCUT2D eigenvalue weighted by Gasteiger charge is -2.11. The molecule has 1 unspecified atom stereocenters. The van der Waals surface area contributed by atoms with Crippen molar-refractivity contribution in [2.24, 2.45) is 0 Å². The number of aromatic carboxylic acids is 1. The first-order valence-corrected chi connectivity index (χ1v) is 9.06. The second-order valence-electron chi connectivity index (χ2n) is 5.09. The molecule has 2 rings (SSSR count). The number of rotatable bonds is 5. The molecule has 0 amide bonds. The molecule has 1 N–H and O–H groups in total. The molecule has 2 aromatic rings. The van der Waals surface area contributed by atoms with Gasteiger partial charge in [-0.1, -0.05) is 48.0 Å². The normalized spacial score (nSPS) is 13.1. The van der Waals surface area contributed by atoms with E-state index in [2.05, 4.69) is 0 Å². The topological polar surface area (TPSA) is 71.4 Å². The highest BCUT2D eigenvalue weighted by atomic mass is 35.5. The van der Waals surface area contributed by atoms with E-state index in [1.165, 1.54) is 18.4 Å². The third kappa shape index (κ3) is 4.68. The quantitative estimate of drug-likeness (QED) is 0.889. The van der Waals surface area contributed by atoms with Crippen molar-refractivity contribution in [1.82, 2.24) is 0 Å². The Morgan fingerprint density at radius 2 is 1.65 bits per heavy atom. The molecule has 0 aliphatic rings. The Kier molecular flexibility index (Phi) is 5.23. The smallest absolute Gasteiger partial charge is 0.335 e. The Morgan fingerprint density at radius 3 is 2.13 bits per heavy atom. The molecule has 2 aromatic carbocycles. The molecular formula is C17H15ClO4S. The fourth-order valence-electron chi connectivity index (χ4n) is 2.09. The molecule has 0 bridgehead atoms. The van der Waals surface area contributed by atoms with Gasteiger partial charge in [0, 0.05) is 11.3 Å². The van der Waals surface area contributed by atoms with Crippen molar-refractivity contribution in [2.75, 3.05) is 6.26 Å². The second-order valence-corrected chi connectivity index (χ2v) is 7.69. The van der Waals surface area contributed by atoms with Crippen molar-refractivity contribution in [1.29, 1.82) is 0 Å². The van der Waals surface area contributed by atoms with Crippen LogP contribution in [0.4, 0.5) is 0 Å². The second kappa shape index (κ2) is 6.98. The highest BCUT2D eigenvalue weighted by Gasteiger charge is 2.19. The summed E-state index contributed by atoms with van der Waals surface area (Å²) in [5.41, 5.74) is 1.52. The van der Waals surface area contributed by atoms with Crippen LogP contribution in [-0.2, 0) is 9.84 Å². The van der Waals surface area contributed by atoms with Crippen molar-refractivity contribution in [3.8, 4) is 0 Å². The minimum absolute atomic E-state index is 0.180. The van der Waals surface area contributed by atoms with Gasteiger partial charge in [-0.05, 0) is 35.4 Å². The van der Waals surface area contributed by atoms with Gasteiger partial charge in [0.1, 0.15) is 5.25 Å². The van der Waals surface area contributed by atoms with Gasteiger partial charge in [-0.25, -0.2) is 13.2 Å². The average Bonchev–Trinajstić information content (AvgIpc) is 2.48. The molecule has 4 nitrogen and oxygen atoms in total. The van der Waals surface area contributed by atoms with Gasteiger partial charge >= 0.3 is 5.97 Å². The van der Waals surface area contributed by atoms with Crippen LogP contribution < -0.4 is 0 Å². The molecule has 0 saturated carbocycles. The van der Waals surface area contributed by atoms with E-state index in [0.717, 1.165) is 5.56 Å². The zero-order chi connectivity index (χ0) is 17.0. The van der Waals surface area contributed by atoms with Crippen LogP contribution in [0.3, 0.4) is 0 Å². The molecule has 0 aliphatic heterocycles. The van der Waals surface area contributed by atoms with Crippen LogP contribution in [0.1, 0.15) is 26.7 Å². The van der Waals surface area contributed by atoms with Gasteiger partial charge in [0.25, 0.3) is 0 Å². The van der Waals surface area contributed by atoms with E-state index in [0.29, 0.717) is 10.6 Å². The lowest BCUT2D eigenvalue weighted by atomic mass is 10.1. The predicted molar refractivity (Wildman–Crippen MR) is 91.5 cm³/mol. The summed E-state index contributed by atoms with van der Waals surface area (Å²) in [6, 6.07) is 12.8. The summed E-state index contributed by atoms with van der Waals surface area (Å²) in [5.74, 6) is -1.00. The number of carboxylic acids is 1. The van der Waals surface area contributed by atoms with Crippen LogP contribution in [0.25, 0.3) is 6.08 Å². The third-order valence-corrected chi connectivity index (χ3v) is 4.88. The summed E-state index contributed by atoms with van der Waals surface area (Å²) < 4.78 is 24.0. The van der Waals surface area contributed by atoms with Crippen LogP contribution >= 0.6 is 11.6 Å². The highest BCUT2D eigenvalue weighted by Crippen LogP contribution is 2.25. The summed E-state index contributed by atoms with van der Waals surface area (Å²) in [5, 5.41) is 8.61. The molecule has 0 aliphatic carbocycles. The molecule has 0 saturated heterocycles. The van der Waals surface area contributed by atoms with Crippen LogP contribution in [0.2, 0.25) is 5.02 Å². The van der Waals surface area contributed by atoms with E-state index >= 15 is 0 Å². The van der Waals surface area contributed by atoms with Crippen LogP contribution in [0.5, 0.6) is 0 Å². The minimum atomic E-state index is -3.35. The number of carboxylic acid groups (broad SMARTS) is 1. The Labute approximate surface area is 140 Å². The number of benzene rings is 2. The van der Waals surface area contributed by atoms with E-state index in [9.17, 15) is 13.2 Å². The molecule has 0 fully saturated rings. The van der Waals surface area contributed by atoms with E-state index in [4.69, 9.17) is 16.7 Å². The summed E-state index contributed by atoms with van der Waals surface area (Å²) >= 11 is 5.83. The summed E-state index contributed by atoms with van der Waals surface area (Å²) in [6.45, 7) is 0. The van der Waals surface area contributed by atoms with Gasteiger partial charge in [0.2, 0.25) is 0 Å². The van der Waals surface area contributed by atoms with Crippen molar-refractivity contribution in [2.45, 2.75) is 5.25 Å². The van der Waals surface area contributed by atoms with Crippen molar-refractivity contribution >= 4 is 33.5 Å². The first-order chi connectivity index (χ1) is 10.8. The van der Waals surface area contributed by atoms with Gasteiger partial charge in [-0.3, -0.25) is 0 Å². The molecule has 1 atom stereocenters. The van der Waals surface area contributed by atoms with Gasteiger partial charge in [0.05, 0.1) is 5.56 Å². The zero-order valence-electron chi connectivity index (χ0n) is 12.3. The largest absolute Gasteiger partial charge is 0.478 e. The molecule has 0 heterocycles. The van der Waals surface area contributed by atoms with Gasteiger partial charge in [-0.15, -0.1) is 0 Å².